The smallest absolute Gasteiger partial charge is 0.123 e. The highest BCUT2D eigenvalue weighted by molar-refractivity contribution is 7.99. The lowest BCUT2D eigenvalue weighted by atomic mass is 10.0. The van der Waals surface area contributed by atoms with Crippen LogP contribution < -0.4 is 5.32 Å². The Kier molecular flexibility index (Phi) is 4.03. The number of thioether (sulfide) groups is 1. The first-order valence-electron chi connectivity index (χ1n) is 5.44. The molecule has 1 fully saturated rings. The van der Waals surface area contributed by atoms with Crippen molar-refractivity contribution in [2.24, 2.45) is 5.92 Å². The highest BCUT2D eigenvalue weighted by Gasteiger charge is 2.12. The molecular formula is C12H16FNS. The van der Waals surface area contributed by atoms with Gasteiger partial charge >= 0.3 is 0 Å². The van der Waals surface area contributed by atoms with E-state index in [9.17, 15) is 4.39 Å². The van der Waals surface area contributed by atoms with Crippen LogP contribution in [0.2, 0.25) is 0 Å². The molecule has 0 amide bonds. The van der Waals surface area contributed by atoms with Gasteiger partial charge in [0.15, 0.2) is 0 Å². The Morgan fingerprint density at radius 2 is 2.13 bits per heavy atom. The Bertz CT molecular complexity index is 293. The molecule has 0 radical (unpaired) electrons. The second kappa shape index (κ2) is 5.52. The maximum Gasteiger partial charge on any atom is 0.123 e. The van der Waals surface area contributed by atoms with Crippen molar-refractivity contribution in [1.82, 2.24) is 5.32 Å². The molecule has 82 valence electrons. The number of nitrogens with one attached hydrogen (secondary N) is 1. The minimum absolute atomic E-state index is 0.154. The molecule has 0 aromatic heterocycles. The third-order valence-electron chi connectivity index (χ3n) is 2.70. The predicted molar refractivity (Wildman–Crippen MR) is 62.7 cm³/mol. The zero-order valence-electron chi connectivity index (χ0n) is 8.71. The van der Waals surface area contributed by atoms with Gasteiger partial charge in [-0.05, 0) is 56.1 Å². The summed E-state index contributed by atoms with van der Waals surface area (Å²) in [6, 6.07) is 6.77. The zero-order chi connectivity index (χ0) is 10.5. The Morgan fingerprint density at radius 3 is 2.80 bits per heavy atom. The van der Waals surface area contributed by atoms with Crippen LogP contribution in [0.5, 0.6) is 0 Å². The van der Waals surface area contributed by atoms with Crippen molar-refractivity contribution in [3.05, 3.63) is 30.1 Å². The van der Waals surface area contributed by atoms with Crippen LogP contribution in [0.3, 0.4) is 0 Å². The van der Waals surface area contributed by atoms with Gasteiger partial charge in [-0.3, -0.25) is 0 Å². The summed E-state index contributed by atoms with van der Waals surface area (Å²) < 4.78 is 12.7. The molecular weight excluding hydrogens is 209 g/mol. The third-order valence-corrected chi connectivity index (χ3v) is 3.94. The molecule has 1 aliphatic heterocycles. The maximum atomic E-state index is 12.7. The normalized spacial score (nSPS) is 21.5. The Hall–Kier alpha value is -0.540. The molecule has 2 rings (SSSR count). The van der Waals surface area contributed by atoms with E-state index in [1.807, 2.05) is 23.9 Å². The minimum atomic E-state index is -0.154. The van der Waals surface area contributed by atoms with E-state index in [1.54, 1.807) is 0 Å². The van der Waals surface area contributed by atoms with E-state index in [-0.39, 0.29) is 5.82 Å². The fraction of sp³-hybridized carbons (Fsp3) is 0.500. The van der Waals surface area contributed by atoms with Gasteiger partial charge in [-0.2, -0.15) is 0 Å². The quantitative estimate of drug-likeness (QED) is 0.794. The van der Waals surface area contributed by atoms with Gasteiger partial charge in [-0.25, -0.2) is 4.39 Å². The Balaban J connectivity index is 1.79. The van der Waals surface area contributed by atoms with Crippen molar-refractivity contribution >= 4 is 11.8 Å². The summed E-state index contributed by atoms with van der Waals surface area (Å²) in [5.41, 5.74) is 0. The lowest BCUT2D eigenvalue weighted by Gasteiger charge is -2.22. The van der Waals surface area contributed by atoms with Crippen molar-refractivity contribution < 1.29 is 4.39 Å². The van der Waals surface area contributed by atoms with Crippen molar-refractivity contribution in [2.75, 3.05) is 18.8 Å². The lowest BCUT2D eigenvalue weighted by molar-refractivity contribution is 0.410. The molecule has 1 heterocycles. The molecule has 1 nitrogen and oxygen atoms in total. The molecule has 1 saturated heterocycles. The standard InChI is InChI=1S/C12H16FNS/c13-11-3-5-12(6-4-11)15-9-10-2-1-7-14-8-10/h3-6,10,14H,1-2,7-9H2. The van der Waals surface area contributed by atoms with Gasteiger partial charge in [-0.15, -0.1) is 11.8 Å². The van der Waals surface area contributed by atoms with Gasteiger partial charge < -0.3 is 5.32 Å². The Labute approximate surface area is 94.5 Å². The van der Waals surface area contributed by atoms with Gasteiger partial charge in [0.25, 0.3) is 0 Å². The zero-order valence-corrected chi connectivity index (χ0v) is 9.52. The molecule has 1 aromatic carbocycles. The second-order valence-corrected chi connectivity index (χ2v) is 5.07. The Morgan fingerprint density at radius 1 is 1.33 bits per heavy atom. The maximum absolute atomic E-state index is 12.7. The van der Waals surface area contributed by atoms with Crippen LogP contribution in [0.4, 0.5) is 4.39 Å². The van der Waals surface area contributed by atoms with Crippen LogP contribution in [0, 0.1) is 11.7 Å². The molecule has 3 heteroatoms. The number of hydrogen-bond donors (Lipinski definition) is 1. The van der Waals surface area contributed by atoms with Crippen molar-refractivity contribution in [2.45, 2.75) is 17.7 Å². The van der Waals surface area contributed by atoms with Gasteiger partial charge in [-0.1, -0.05) is 0 Å². The molecule has 1 N–H and O–H groups in total. The van der Waals surface area contributed by atoms with Gasteiger partial charge in [0, 0.05) is 10.6 Å². The summed E-state index contributed by atoms with van der Waals surface area (Å²) in [7, 11) is 0. The summed E-state index contributed by atoms with van der Waals surface area (Å²) in [6.07, 6.45) is 2.61. The average molecular weight is 225 g/mol. The van der Waals surface area contributed by atoms with E-state index in [0.717, 1.165) is 24.8 Å². The largest absolute Gasteiger partial charge is 0.316 e. The van der Waals surface area contributed by atoms with Crippen LogP contribution >= 0.6 is 11.8 Å². The second-order valence-electron chi connectivity index (χ2n) is 3.98. The molecule has 15 heavy (non-hydrogen) atoms. The summed E-state index contributed by atoms with van der Waals surface area (Å²) >= 11 is 1.83. The first-order chi connectivity index (χ1) is 7.34. The molecule has 0 spiro atoms. The van der Waals surface area contributed by atoms with Crippen LogP contribution in [0.15, 0.2) is 29.2 Å². The molecule has 1 unspecified atom stereocenters. The SMILES string of the molecule is Fc1ccc(SCC2CCCNC2)cc1. The first-order valence-corrected chi connectivity index (χ1v) is 6.42. The first kappa shape index (κ1) is 11.0. The van der Waals surface area contributed by atoms with Gasteiger partial charge in [0.2, 0.25) is 0 Å². The number of halogens is 1. The van der Waals surface area contributed by atoms with E-state index in [0.29, 0.717) is 0 Å². The summed E-state index contributed by atoms with van der Waals surface area (Å²) in [5, 5.41) is 3.41. The van der Waals surface area contributed by atoms with Gasteiger partial charge in [0.1, 0.15) is 5.82 Å². The fourth-order valence-corrected chi connectivity index (χ4v) is 2.85. The highest BCUT2D eigenvalue weighted by Crippen LogP contribution is 2.23. The molecule has 1 aliphatic rings. The van der Waals surface area contributed by atoms with E-state index < -0.39 is 0 Å². The van der Waals surface area contributed by atoms with Crippen LogP contribution in [-0.4, -0.2) is 18.8 Å². The molecule has 0 aliphatic carbocycles. The number of benzene rings is 1. The number of hydrogen-bond acceptors (Lipinski definition) is 2. The number of piperidine rings is 1. The van der Waals surface area contributed by atoms with Crippen molar-refractivity contribution in [3.63, 3.8) is 0 Å². The monoisotopic (exact) mass is 225 g/mol. The van der Waals surface area contributed by atoms with E-state index in [2.05, 4.69) is 5.32 Å². The van der Waals surface area contributed by atoms with Crippen LogP contribution in [0.1, 0.15) is 12.8 Å². The molecule has 1 atom stereocenters. The molecule has 0 bridgehead atoms. The van der Waals surface area contributed by atoms with Crippen molar-refractivity contribution in [1.29, 1.82) is 0 Å². The summed E-state index contributed by atoms with van der Waals surface area (Å²) in [6.45, 7) is 2.30. The van der Waals surface area contributed by atoms with Crippen LogP contribution in [-0.2, 0) is 0 Å². The minimum Gasteiger partial charge on any atom is -0.316 e. The predicted octanol–water partition coefficient (Wildman–Crippen LogP) is 2.92. The van der Waals surface area contributed by atoms with E-state index >= 15 is 0 Å². The number of rotatable bonds is 3. The van der Waals surface area contributed by atoms with Gasteiger partial charge in [0.05, 0.1) is 0 Å². The fourth-order valence-electron chi connectivity index (χ4n) is 1.81. The molecule has 0 saturated carbocycles. The van der Waals surface area contributed by atoms with E-state index in [4.69, 9.17) is 0 Å². The average Bonchev–Trinajstić information content (AvgIpc) is 2.30. The lowest BCUT2D eigenvalue weighted by Crippen LogP contribution is -2.30. The molecule has 1 aromatic rings. The van der Waals surface area contributed by atoms with E-state index in [1.165, 1.54) is 29.9 Å². The van der Waals surface area contributed by atoms with Crippen LogP contribution in [0.25, 0.3) is 0 Å². The topological polar surface area (TPSA) is 12.0 Å². The third kappa shape index (κ3) is 3.50. The summed E-state index contributed by atoms with van der Waals surface area (Å²) in [4.78, 5) is 1.17. The summed E-state index contributed by atoms with van der Waals surface area (Å²) in [5.74, 6) is 1.76. The van der Waals surface area contributed by atoms with Crippen molar-refractivity contribution in [3.8, 4) is 0 Å². The highest BCUT2D eigenvalue weighted by atomic mass is 32.2.